The molecule has 0 unspecified atom stereocenters. The maximum absolute atomic E-state index is 15.0. The lowest BCUT2D eigenvalue weighted by Gasteiger charge is -2.19. The Kier molecular flexibility index (Phi) is 10.4. The van der Waals surface area contributed by atoms with Crippen molar-refractivity contribution in [3.05, 3.63) is 222 Å². The summed E-state index contributed by atoms with van der Waals surface area (Å²) in [5.74, 6) is -0.295. The first-order valence-electron chi connectivity index (χ1n) is 23.2. The van der Waals surface area contributed by atoms with E-state index in [1.165, 1.54) is 12.1 Å². The van der Waals surface area contributed by atoms with Crippen molar-refractivity contribution in [1.82, 2.24) is 24.1 Å². The molecule has 0 bridgehead atoms. The molecule has 5 nitrogen and oxygen atoms in total. The van der Waals surface area contributed by atoms with Gasteiger partial charge in [0.15, 0.2) is 17.5 Å². The molecular weight excluding hydrogens is 917 g/mol. The fraction of sp³-hybridized carbons (Fsp3) is 0.0656. The van der Waals surface area contributed by atoms with Crippen molar-refractivity contribution in [2.75, 3.05) is 0 Å². The van der Waals surface area contributed by atoms with E-state index in [1.54, 1.807) is 30.3 Å². The summed E-state index contributed by atoms with van der Waals surface area (Å²) < 4.78 is 94.0. The summed E-state index contributed by atoms with van der Waals surface area (Å²) in [6, 6.07) is 59.2. The number of nitrogens with zero attached hydrogens (tertiary/aromatic N) is 5. The maximum atomic E-state index is 15.0. The Morgan fingerprint density at radius 1 is 0.319 bits per heavy atom. The van der Waals surface area contributed by atoms with Crippen LogP contribution in [0.4, 0.5) is 26.3 Å². The number of aryl methyl sites for hydroxylation is 2. The van der Waals surface area contributed by atoms with Gasteiger partial charge in [-0.15, -0.1) is 0 Å². The van der Waals surface area contributed by atoms with Crippen LogP contribution in [0.5, 0.6) is 0 Å². The van der Waals surface area contributed by atoms with Gasteiger partial charge in [-0.2, -0.15) is 26.3 Å². The van der Waals surface area contributed by atoms with Crippen molar-refractivity contribution < 1.29 is 26.3 Å². The van der Waals surface area contributed by atoms with Crippen LogP contribution in [0.1, 0.15) is 22.3 Å². The molecule has 0 atom stereocenters. The summed E-state index contributed by atoms with van der Waals surface area (Å²) in [7, 11) is 0. The summed E-state index contributed by atoms with van der Waals surface area (Å²) in [6.07, 6.45) is -9.57. The predicted octanol–water partition coefficient (Wildman–Crippen LogP) is 17.1. The molecule has 72 heavy (non-hydrogen) atoms. The zero-order chi connectivity index (χ0) is 49.5. The zero-order valence-electron chi connectivity index (χ0n) is 38.6. The monoisotopic (exact) mass is 955 g/mol. The molecule has 11 heteroatoms. The number of rotatable bonds is 7. The van der Waals surface area contributed by atoms with Gasteiger partial charge in [-0.3, -0.25) is 0 Å². The molecule has 0 aliphatic heterocycles. The third-order valence-corrected chi connectivity index (χ3v) is 13.3. The highest BCUT2D eigenvalue weighted by atomic mass is 19.4. The first-order valence-corrected chi connectivity index (χ1v) is 23.2. The van der Waals surface area contributed by atoms with Crippen LogP contribution >= 0.6 is 0 Å². The first-order chi connectivity index (χ1) is 34.8. The number of fused-ring (bicyclic) bond motifs is 6. The van der Waals surface area contributed by atoms with Crippen LogP contribution in [0.2, 0.25) is 0 Å². The highest BCUT2D eigenvalue weighted by Crippen LogP contribution is 2.44. The van der Waals surface area contributed by atoms with Crippen LogP contribution in [-0.4, -0.2) is 24.1 Å². The highest BCUT2D eigenvalue weighted by Gasteiger charge is 2.34. The van der Waals surface area contributed by atoms with Gasteiger partial charge in [-0.1, -0.05) is 151 Å². The van der Waals surface area contributed by atoms with Gasteiger partial charge in [-0.05, 0) is 96.8 Å². The minimum atomic E-state index is -4.79. The average Bonchev–Trinajstić information content (AvgIpc) is 3.90. The Bertz CT molecular complexity index is 3870. The van der Waals surface area contributed by atoms with Crippen molar-refractivity contribution >= 4 is 43.6 Å². The van der Waals surface area contributed by atoms with Crippen LogP contribution < -0.4 is 0 Å². The van der Waals surface area contributed by atoms with E-state index >= 15 is 26.3 Å². The second kappa shape index (κ2) is 16.9. The van der Waals surface area contributed by atoms with Gasteiger partial charge in [-0.25, -0.2) is 15.0 Å². The second-order valence-corrected chi connectivity index (χ2v) is 18.0. The van der Waals surface area contributed by atoms with E-state index in [1.807, 2.05) is 144 Å². The molecular formula is C61H39F6N5. The molecule has 12 rings (SSSR count). The maximum Gasteiger partial charge on any atom is 0.416 e. The molecule has 3 heterocycles. The van der Waals surface area contributed by atoms with Crippen LogP contribution in [0, 0.1) is 13.8 Å². The summed E-state index contributed by atoms with van der Waals surface area (Å²) in [4.78, 5) is 14.8. The van der Waals surface area contributed by atoms with Crippen LogP contribution in [0.25, 0.3) is 111 Å². The largest absolute Gasteiger partial charge is 0.416 e. The molecule has 0 amide bonds. The van der Waals surface area contributed by atoms with Crippen molar-refractivity contribution in [2.24, 2.45) is 0 Å². The summed E-state index contributed by atoms with van der Waals surface area (Å²) in [5, 5.41) is 3.44. The fourth-order valence-electron chi connectivity index (χ4n) is 9.97. The lowest BCUT2D eigenvalue weighted by atomic mass is 10.0. The Morgan fingerprint density at radius 3 is 1.15 bits per heavy atom. The highest BCUT2D eigenvalue weighted by molar-refractivity contribution is 6.12. The lowest BCUT2D eigenvalue weighted by molar-refractivity contribution is -0.138. The topological polar surface area (TPSA) is 48.5 Å². The molecule has 3 aromatic heterocycles. The van der Waals surface area contributed by atoms with Gasteiger partial charge >= 0.3 is 12.4 Å². The lowest BCUT2D eigenvalue weighted by Crippen LogP contribution is -2.10. The Morgan fingerprint density at radius 2 is 0.708 bits per heavy atom. The smallest absolute Gasteiger partial charge is 0.308 e. The van der Waals surface area contributed by atoms with Gasteiger partial charge in [0.05, 0.1) is 44.6 Å². The molecule has 9 aromatic carbocycles. The second-order valence-electron chi connectivity index (χ2n) is 18.0. The normalized spacial score (nSPS) is 12.2. The molecule has 0 saturated carbocycles. The molecule has 0 fully saturated rings. The van der Waals surface area contributed by atoms with E-state index in [-0.39, 0.29) is 28.6 Å². The zero-order valence-corrected chi connectivity index (χ0v) is 38.6. The Balaban J connectivity index is 1.16. The minimum absolute atomic E-state index is 0.0116. The van der Waals surface area contributed by atoms with Crippen LogP contribution in [-0.2, 0) is 12.4 Å². The third-order valence-electron chi connectivity index (χ3n) is 13.3. The van der Waals surface area contributed by atoms with E-state index in [0.717, 1.165) is 79.2 Å². The summed E-state index contributed by atoms with van der Waals surface area (Å²) >= 11 is 0. The molecule has 0 saturated heterocycles. The van der Waals surface area contributed by atoms with Crippen LogP contribution in [0.15, 0.2) is 200 Å². The van der Waals surface area contributed by atoms with Crippen molar-refractivity contribution in [3.63, 3.8) is 0 Å². The number of benzene rings is 9. The number of hydrogen-bond donors (Lipinski definition) is 0. The number of halogens is 6. The number of alkyl halides is 6. The van der Waals surface area contributed by atoms with E-state index in [9.17, 15) is 0 Å². The van der Waals surface area contributed by atoms with Crippen molar-refractivity contribution in [2.45, 2.75) is 26.2 Å². The van der Waals surface area contributed by atoms with E-state index in [2.05, 4.69) is 12.1 Å². The van der Waals surface area contributed by atoms with Crippen LogP contribution in [0.3, 0.4) is 0 Å². The number of hydrogen-bond acceptors (Lipinski definition) is 3. The molecule has 350 valence electrons. The molecule has 12 aromatic rings. The molecule has 0 aliphatic rings. The predicted molar refractivity (Wildman–Crippen MR) is 275 cm³/mol. The van der Waals surface area contributed by atoms with Gasteiger partial charge in [0.25, 0.3) is 0 Å². The van der Waals surface area contributed by atoms with Gasteiger partial charge in [0.1, 0.15) is 0 Å². The summed E-state index contributed by atoms with van der Waals surface area (Å²) in [5.41, 5.74) is 7.86. The Hall–Kier alpha value is -8.83. The molecule has 0 N–H and O–H groups in total. The summed E-state index contributed by atoms with van der Waals surface area (Å²) in [6.45, 7) is 4.02. The number of para-hydroxylation sites is 2. The first kappa shape index (κ1) is 44.4. The number of aromatic nitrogens is 5. The minimum Gasteiger partial charge on any atom is -0.308 e. The quantitative estimate of drug-likeness (QED) is 0.150. The standard InChI is InChI=1S/C61H39F6N5/c1-36-12-10-16-39(30-36)41-22-26-47-45-18-6-8-20-51(45)71(55(47)32-41)53-28-24-43(60(62,63)64)34-49(53)58-68-57(38-14-4-3-5-15-38)69-59(70-58)50-35-44(61(65,66)67)25-29-54(50)72-52-21-9-7-19-46(52)48-27-23-42(33-56(48)72)40-17-11-13-37(2)31-40/h3-35H,1-2H3. The van der Waals surface area contributed by atoms with Crippen molar-refractivity contribution in [3.8, 4) is 67.8 Å². The molecule has 0 spiro atoms. The molecule has 0 radical (unpaired) electrons. The van der Waals surface area contributed by atoms with E-state index in [4.69, 9.17) is 15.0 Å². The molecule has 0 aliphatic carbocycles. The van der Waals surface area contributed by atoms with E-state index < -0.39 is 23.5 Å². The fourth-order valence-corrected chi connectivity index (χ4v) is 9.97. The van der Waals surface area contributed by atoms with Gasteiger partial charge in [0.2, 0.25) is 0 Å². The van der Waals surface area contributed by atoms with Gasteiger partial charge < -0.3 is 9.13 Å². The average molecular weight is 956 g/mol. The Labute approximate surface area is 409 Å². The van der Waals surface area contributed by atoms with E-state index in [0.29, 0.717) is 39.0 Å². The third kappa shape index (κ3) is 7.74. The SMILES string of the molecule is Cc1cccc(-c2ccc3c4ccccc4n(-c4ccc(C(F)(F)F)cc4-c4nc(-c5ccccc5)nc(-c5cc(C(F)(F)F)ccc5-n5c6ccccc6c6ccc(-c7cccc(C)c7)cc65)n4)c3c2)c1. The van der Waals surface area contributed by atoms with Gasteiger partial charge in [0, 0.05) is 38.2 Å². The van der Waals surface area contributed by atoms with Crippen molar-refractivity contribution in [1.29, 1.82) is 0 Å².